The third-order valence-electron chi connectivity index (χ3n) is 7.21. The number of fused-ring (bicyclic) bond motifs is 1. The van der Waals surface area contributed by atoms with Gasteiger partial charge in [-0.25, -0.2) is 5.48 Å². The second-order valence-corrected chi connectivity index (χ2v) is 9.82. The lowest BCUT2D eigenvalue weighted by molar-refractivity contribution is -0.134. The summed E-state index contributed by atoms with van der Waals surface area (Å²) in [6, 6.07) is 25.1. The van der Waals surface area contributed by atoms with Crippen molar-refractivity contribution in [2.24, 2.45) is 0 Å². The molecule has 0 bridgehead atoms. The highest BCUT2D eigenvalue weighted by Crippen LogP contribution is 2.41. The van der Waals surface area contributed by atoms with E-state index in [0.29, 0.717) is 13.0 Å². The summed E-state index contributed by atoms with van der Waals surface area (Å²) in [7, 11) is 3.39. The van der Waals surface area contributed by atoms with Gasteiger partial charge in [-0.05, 0) is 60.2 Å². The Morgan fingerprint density at radius 1 is 0.868 bits per heavy atom. The number of hydrogen-bond acceptors (Lipinski definition) is 5. The molecule has 1 aliphatic rings. The quantitative estimate of drug-likeness (QED) is 0.203. The monoisotopic (exact) mass is 516 g/mol. The van der Waals surface area contributed by atoms with Crippen LogP contribution in [0.15, 0.2) is 72.8 Å². The molecule has 1 N–H and O–H groups in total. The summed E-state index contributed by atoms with van der Waals surface area (Å²) in [5, 5.41) is 0. The maximum absolute atomic E-state index is 12.0. The van der Waals surface area contributed by atoms with E-state index < -0.39 is 0 Å². The molecule has 6 nitrogen and oxygen atoms in total. The molecule has 0 saturated heterocycles. The van der Waals surface area contributed by atoms with Crippen molar-refractivity contribution in [2.75, 3.05) is 27.3 Å². The number of carbonyl (C=O) groups excluding carboxylic acids is 1. The van der Waals surface area contributed by atoms with Gasteiger partial charge in [0.2, 0.25) is 5.91 Å². The van der Waals surface area contributed by atoms with Crippen molar-refractivity contribution >= 4 is 5.91 Å². The molecule has 1 amide bonds. The van der Waals surface area contributed by atoms with Crippen molar-refractivity contribution in [3.63, 3.8) is 0 Å². The predicted molar refractivity (Wildman–Crippen MR) is 150 cm³/mol. The van der Waals surface area contributed by atoms with Crippen LogP contribution in [0.1, 0.15) is 66.8 Å². The minimum absolute atomic E-state index is 0.0503. The fourth-order valence-corrected chi connectivity index (χ4v) is 5.22. The molecule has 3 aromatic carbocycles. The Hall–Kier alpha value is -3.35. The summed E-state index contributed by atoms with van der Waals surface area (Å²) in [6.45, 7) is 2.45. The molecule has 3 aromatic rings. The Bertz CT molecular complexity index is 1140. The molecule has 1 heterocycles. The van der Waals surface area contributed by atoms with Gasteiger partial charge in [0.05, 0.1) is 26.9 Å². The third kappa shape index (κ3) is 7.59. The minimum Gasteiger partial charge on any atom is -0.493 e. The lowest BCUT2D eigenvalue weighted by Crippen LogP contribution is -2.36. The van der Waals surface area contributed by atoms with Crippen LogP contribution in [-0.2, 0) is 22.7 Å². The number of methoxy groups -OCH3 is 2. The lowest BCUT2D eigenvalue weighted by atomic mass is 9.87. The number of amides is 1. The van der Waals surface area contributed by atoms with Crippen LogP contribution in [0.25, 0.3) is 0 Å². The Morgan fingerprint density at radius 3 is 2.26 bits per heavy atom. The normalized spacial score (nSPS) is 15.1. The second-order valence-electron chi connectivity index (χ2n) is 9.82. The highest BCUT2D eigenvalue weighted by molar-refractivity contribution is 5.74. The summed E-state index contributed by atoms with van der Waals surface area (Å²) < 4.78 is 11.2. The zero-order valence-electron chi connectivity index (χ0n) is 22.7. The number of benzene rings is 3. The number of nitrogens with one attached hydrogen (secondary N) is 1. The molecule has 1 atom stereocenters. The van der Waals surface area contributed by atoms with E-state index in [9.17, 15) is 4.79 Å². The lowest BCUT2D eigenvalue weighted by Gasteiger charge is -2.38. The molecule has 0 radical (unpaired) electrons. The van der Waals surface area contributed by atoms with Gasteiger partial charge in [0.1, 0.15) is 0 Å². The number of ether oxygens (including phenoxy) is 2. The van der Waals surface area contributed by atoms with Gasteiger partial charge in [-0.3, -0.25) is 14.5 Å². The van der Waals surface area contributed by atoms with Crippen molar-refractivity contribution < 1.29 is 19.1 Å². The Morgan fingerprint density at radius 2 is 1.53 bits per heavy atom. The first kappa shape index (κ1) is 27.7. The van der Waals surface area contributed by atoms with E-state index in [-0.39, 0.29) is 11.9 Å². The molecule has 0 fully saturated rings. The van der Waals surface area contributed by atoms with Gasteiger partial charge >= 0.3 is 0 Å². The molecule has 4 rings (SSSR count). The van der Waals surface area contributed by atoms with Crippen LogP contribution < -0.4 is 15.0 Å². The van der Waals surface area contributed by atoms with E-state index in [2.05, 4.69) is 52.8 Å². The number of carbonyl (C=O) groups is 1. The molecule has 0 spiro atoms. The number of nitrogens with zero attached hydrogens (tertiary/aromatic N) is 1. The van der Waals surface area contributed by atoms with E-state index >= 15 is 0 Å². The summed E-state index contributed by atoms with van der Waals surface area (Å²) in [5.41, 5.74) is 7.54. The van der Waals surface area contributed by atoms with Gasteiger partial charge in [0.25, 0.3) is 0 Å². The van der Waals surface area contributed by atoms with E-state index in [1.807, 2.05) is 30.3 Å². The van der Waals surface area contributed by atoms with Gasteiger partial charge in [0, 0.05) is 13.0 Å². The fraction of sp³-hybridized carbons (Fsp3) is 0.406. The van der Waals surface area contributed by atoms with E-state index in [1.54, 1.807) is 14.2 Å². The standard InChI is InChI=1S/C32H40N2O4/c1-36-29-22-27-19-21-34(32(26-16-10-7-11-17-26)28(27)23-30(29)37-2)20-13-5-3-4-12-18-31(35)33-38-24-25-14-8-6-9-15-25/h6-11,14-17,22-23,32H,3-5,12-13,18-21,24H2,1-2H3,(H,33,35). The van der Waals surface area contributed by atoms with Crippen LogP contribution in [0.3, 0.4) is 0 Å². The van der Waals surface area contributed by atoms with Gasteiger partial charge in [-0.15, -0.1) is 0 Å². The second kappa shape index (κ2) is 14.6. The highest BCUT2D eigenvalue weighted by Gasteiger charge is 2.30. The Balaban J connectivity index is 1.22. The minimum atomic E-state index is -0.0503. The molecule has 38 heavy (non-hydrogen) atoms. The topological polar surface area (TPSA) is 60.0 Å². The summed E-state index contributed by atoms with van der Waals surface area (Å²) >= 11 is 0. The number of unbranched alkanes of at least 4 members (excludes halogenated alkanes) is 4. The van der Waals surface area contributed by atoms with Gasteiger partial charge in [-0.2, -0.15) is 0 Å². The maximum Gasteiger partial charge on any atom is 0.243 e. The molecular formula is C32H40N2O4. The molecule has 0 aliphatic carbocycles. The average molecular weight is 517 g/mol. The summed E-state index contributed by atoms with van der Waals surface area (Å²) in [4.78, 5) is 19.9. The van der Waals surface area contributed by atoms with E-state index in [4.69, 9.17) is 14.3 Å². The third-order valence-corrected chi connectivity index (χ3v) is 7.21. The zero-order chi connectivity index (χ0) is 26.6. The zero-order valence-corrected chi connectivity index (χ0v) is 22.7. The number of hydrogen-bond donors (Lipinski definition) is 1. The molecule has 0 aromatic heterocycles. The molecular weight excluding hydrogens is 476 g/mol. The smallest absolute Gasteiger partial charge is 0.243 e. The van der Waals surface area contributed by atoms with Crippen LogP contribution in [0.5, 0.6) is 11.5 Å². The highest BCUT2D eigenvalue weighted by atomic mass is 16.6. The first-order chi connectivity index (χ1) is 18.7. The molecule has 1 unspecified atom stereocenters. The first-order valence-electron chi connectivity index (χ1n) is 13.7. The van der Waals surface area contributed by atoms with Crippen LogP contribution in [0, 0.1) is 0 Å². The summed E-state index contributed by atoms with van der Waals surface area (Å²) in [6.07, 6.45) is 6.85. The van der Waals surface area contributed by atoms with Crippen LogP contribution in [-0.4, -0.2) is 38.1 Å². The summed E-state index contributed by atoms with van der Waals surface area (Å²) in [5.74, 6) is 1.53. The van der Waals surface area contributed by atoms with Crippen molar-refractivity contribution in [2.45, 2.75) is 57.6 Å². The maximum atomic E-state index is 12.0. The van der Waals surface area contributed by atoms with Gasteiger partial charge < -0.3 is 9.47 Å². The number of hydroxylamine groups is 1. The number of rotatable bonds is 14. The van der Waals surface area contributed by atoms with Crippen molar-refractivity contribution in [3.8, 4) is 11.5 Å². The van der Waals surface area contributed by atoms with Crippen molar-refractivity contribution in [3.05, 3.63) is 95.1 Å². The molecule has 1 aliphatic heterocycles. The molecule has 0 saturated carbocycles. The van der Waals surface area contributed by atoms with Crippen LogP contribution >= 0.6 is 0 Å². The largest absolute Gasteiger partial charge is 0.493 e. The SMILES string of the molecule is COc1cc2c(cc1OC)C(c1ccccc1)N(CCCCCCCC(=O)NOCc1ccccc1)CC2. The molecule has 202 valence electrons. The average Bonchev–Trinajstić information content (AvgIpc) is 2.96. The van der Waals surface area contributed by atoms with Gasteiger partial charge in [-0.1, -0.05) is 79.9 Å². The van der Waals surface area contributed by atoms with Crippen LogP contribution in [0.2, 0.25) is 0 Å². The van der Waals surface area contributed by atoms with E-state index in [1.165, 1.54) is 16.7 Å². The predicted octanol–water partition coefficient (Wildman–Crippen LogP) is 6.24. The van der Waals surface area contributed by atoms with E-state index in [0.717, 1.165) is 68.7 Å². The van der Waals surface area contributed by atoms with Gasteiger partial charge in [0.15, 0.2) is 11.5 Å². The Labute approximate surface area is 226 Å². The van der Waals surface area contributed by atoms with Crippen LogP contribution in [0.4, 0.5) is 0 Å². The fourth-order valence-electron chi connectivity index (χ4n) is 5.22. The Kier molecular flexibility index (Phi) is 10.6. The first-order valence-corrected chi connectivity index (χ1v) is 13.7. The van der Waals surface area contributed by atoms with Crippen molar-refractivity contribution in [1.82, 2.24) is 10.4 Å². The molecule has 6 heteroatoms. The van der Waals surface area contributed by atoms with Crippen molar-refractivity contribution in [1.29, 1.82) is 0 Å².